The number of rotatable bonds is 6. The van der Waals surface area contributed by atoms with E-state index >= 15 is 0 Å². The van der Waals surface area contributed by atoms with Gasteiger partial charge in [-0.2, -0.15) is 0 Å². The fourth-order valence-electron chi connectivity index (χ4n) is 1.69. The van der Waals surface area contributed by atoms with Gasteiger partial charge in [0.2, 0.25) is 5.91 Å². The van der Waals surface area contributed by atoms with Crippen molar-refractivity contribution >= 4 is 5.91 Å². The average molecular weight is 231 g/mol. The number of hydrogen-bond donors (Lipinski definition) is 2. The van der Waals surface area contributed by atoms with Crippen LogP contribution in [-0.4, -0.2) is 50.1 Å². The smallest absolute Gasteiger partial charge is 0.246 e. The van der Waals surface area contributed by atoms with Gasteiger partial charge in [-0.05, 0) is 6.42 Å². The summed E-state index contributed by atoms with van der Waals surface area (Å²) in [6.45, 7) is 4.84. The molecule has 0 aromatic carbocycles. The molecule has 0 heterocycles. The van der Waals surface area contributed by atoms with Crippen molar-refractivity contribution in [3.8, 4) is 0 Å². The largest absolute Gasteiger partial charge is 0.392 e. The number of nitrogens with one attached hydrogen (secondary N) is 1. The highest BCUT2D eigenvalue weighted by Crippen LogP contribution is 2.40. The number of carbonyl (C=O) groups excluding carboxylic acids is 1. The molecule has 0 aromatic rings. The number of amides is 1. The third-order valence-electron chi connectivity index (χ3n) is 3.22. The summed E-state index contributed by atoms with van der Waals surface area (Å²) >= 11 is 0. The van der Waals surface area contributed by atoms with E-state index in [2.05, 4.69) is 5.32 Å². The summed E-state index contributed by atoms with van der Waals surface area (Å²) in [5, 5.41) is 12.4. The Morgan fingerprint density at radius 2 is 2.19 bits per heavy atom. The van der Waals surface area contributed by atoms with Crippen LogP contribution in [0.25, 0.3) is 0 Å². The highest BCUT2D eigenvalue weighted by molar-refractivity contribution is 5.77. The summed E-state index contributed by atoms with van der Waals surface area (Å²) in [4.78, 5) is 11.4. The maximum absolute atomic E-state index is 11.4. The van der Waals surface area contributed by atoms with Crippen molar-refractivity contribution in [1.82, 2.24) is 5.32 Å². The minimum Gasteiger partial charge on any atom is -0.392 e. The van der Waals surface area contributed by atoms with E-state index in [0.29, 0.717) is 19.6 Å². The molecule has 0 aliphatic heterocycles. The maximum Gasteiger partial charge on any atom is 0.246 e. The monoisotopic (exact) mass is 231 g/mol. The molecule has 1 aliphatic carbocycles. The van der Waals surface area contributed by atoms with Crippen molar-refractivity contribution in [2.45, 2.75) is 32.4 Å². The van der Waals surface area contributed by atoms with E-state index in [1.54, 1.807) is 7.11 Å². The summed E-state index contributed by atoms with van der Waals surface area (Å²) in [5.41, 5.74) is -0.234. The number of ether oxygens (including phenoxy) is 2. The minimum absolute atomic E-state index is 0.0426. The van der Waals surface area contributed by atoms with Crippen molar-refractivity contribution in [3.63, 3.8) is 0 Å². The van der Waals surface area contributed by atoms with Crippen molar-refractivity contribution in [2.75, 3.05) is 26.9 Å². The molecule has 2 N–H and O–H groups in total. The van der Waals surface area contributed by atoms with Crippen LogP contribution in [0.3, 0.4) is 0 Å². The Balaban J connectivity index is 2.16. The van der Waals surface area contributed by atoms with Crippen LogP contribution < -0.4 is 5.32 Å². The molecule has 1 amide bonds. The van der Waals surface area contributed by atoms with Crippen LogP contribution in [0.5, 0.6) is 0 Å². The SMILES string of the molecule is COCCOCC(=O)NC1CC(O)C1(C)C. The lowest BCUT2D eigenvalue weighted by atomic mass is 9.64. The van der Waals surface area contributed by atoms with E-state index in [1.165, 1.54) is 0 Å². The molecule has 0 aromatic heterocycles. The quantitative estimate of drug-likeness (QED) is 0.628. The first-order valence-corrected chi connectivity index (χ1v) is 5.52. The standard InChI is InChI=1S/C11H21NO4/c1-11(2)8(6-9(11)13)12-10(14)7-16-5-4-15-3/h8-9,13H,4-7H2,1-3H3,(H,12,14). The Morgan fingerprint density at radius 1 is 1.50 bits per heavy atom. The normalized spacial score (nSPS) is 27.2. The maximum atomic E-state index is 11.4. The van der Waals surface area contributed by atoms with Crippen molar-refractivity contribution in [3.05, 3.63) is 0 Å². The second kappa shape index (κ2) is 5.61. The molecule has 16 heavy (non-hydrogen) atoms. The van der Waals surface area contributed by atoms with Crippen molar-refractivity contribution < 1.29 is 19.4 Å². The summed E-state index contributed by atoms with van der Waals surface area (Å²) in [6.07, 6.45) is 0.295. The molecule has 2 atom stereocenters. The van der Waals surface area contributed by atoms with E-state index < -0.39 is 0 Å². The van der Waals surface area contributed by atoms with E-state index in [-0.39, 0.29) is 30.1 Å². The average Bonchev–Trinajstić information content (AvgIpc) is 2.24. The zero-order valence-electron chi connectivity index (χ0n) is 10.2. The van der Waals surface area contributed by atoms with Gasteiger partial charge in [-0.15, -0.1) is 0 Å². The molecule has 0 spiro atoms. The fourth-order valence-corrected chi connectivity index (χ4v) is 1.69. The first-order valence-electron chi connectivity index (χ1n) is 5.52. The predicted molar refractivity (Wildman–Crippen MR) is 59.0 cm³/mol. The summed E-state index contributed by atoms with van der Waals surface area (Å²) in [5.74, 6) is -0.138. The second-order valence-electron chi connectivity index (χ2n) is 4.74. The van der Waals surface area contributed by atoms with Gasteiger partial charge in [-0.1, -0.05) is 13.8 Å². The van der Waals surface area contributed by atoms with Gasteiger partial charge in [-0.25, -0.2) is 0 Å². The number of hydrogen-bond acceptors (Lipinski definition) is 4. The van der Waals surface area contributed by atoms with Gasteiger partial charge in [0.05, 0.1) is 19.3 Å². The Bertz CT molecular complexity index is 242. The number of methoxy groups -OCH3 is 1. The van der Waals surface area contributed by atoms with Crippen molar-refractivity contribution in [1.29, 1.82) is 0 Å². The summed E-state index contributed by atoms with van der Waals surface area (Å²) < 4.78 is 9.90. The van der Waals surface area contributed by atoms with Crippen LogP contribution in [0.15, 0.2) is 0 Å². The molecule has 0 saturated heterocycles. The van der Waals surface area contributed by atoms with Gasteiger partial charge in [0.25, 0.3) is 0 Å². The first-order chi connectivity index (χ1) is 7.48. The molecule has 1 rings (SSSR count). The lowest BCUT2D eigenvalue weighted by molar-refractivity contribution is -0.134. The molecule has 1 saturated carbocycles. The number of aliphatic hydroxyl groups is 1. The third kappa shape index (κ3) is 3.17. The summed E-state index contributed by atoms with van der Waals surface area (Å²) in [7, 11) is 1.59. The van der Waals surface area contributed by atoms with Crippen molar-refractivity contribution in [2.24, 2.45) is 5.41 Å². The zero-order chi connectivity index (χ0) is 12.2. The Hall–Kier alpha value is -0.650. The Kier molecular flexibility index (Phi) is 4.70. The Morgan fingerprint density at radius 3 is 2.69 bits per heavy atom. The van der Waals surface area contributed by atoms with Gasteiger partial charge in [0, 0.05) is 18.6 Å². The lowest BCUT2D eigenvalue weighted by Gasteiger charge is -2.49. The van der Waals surface area contributed by atoms with E-state index in [1.807, 2.05) is 13.8 Å². The predicted octanol–water partition coefficient (Wildman–Crippen LogP) is -0.0750. The summed E-state index contributed by atoms with van der Waals surface area (Å²) in [6, 6.07) is 0.0426. The van der Waals surface area contributed by atoms with Gasteiger partial charge in [-0.3, -0.25) is 4.79 Å². The van der Waals surface area contributed by atoms with Gasteiger partial charge >= 0.3 is 0 Å². The van der Waals surface area contributed by atoms with E-state index in [4.69, 9.17) is 9.47 Å². The number of aliphatic hydroxyl groups excluding tert-OH is 1. The zero-order valence-corrected chi connectivity index (χ0v) is 10.2. The molecule has 1 aliphatic rings. The van der Waals surface area contributed by atoms with Gasteiger partial charge in [0.1, 0.15) is 6.61 Å². The van der Waals surface area contributed by atoms with Crippen LogP contribution in [0, 0.1) is 5.41 Å². The highest BCUT2D eigenvalue weighted by Gasteiger charge is 2.47. The molecule has 5 heteroatoms. The topological polar surface area (TPSA) is 67.8 Å². The highest BCUT2D eigenvalue weighted by atomic mass is 16.5. The molecule has 5 nitrogen and oxygen atoms in total. The third-order valence-corrected chi connectivity index (χ3v) is 3.22. The Labute approximate surface area is 96.1 Å². The molecular formula is C11H21NO4. The second-order valence-corrected chi connectivity index (χ2v) is 4.74. The van der Waals surface area contributed by atoms with Crippen LogP contribution in [0.4, 0.5) is 0 Å². The first kappa shape index (κ1) is 13.4. The molecule has 0 radical (unpaired) electrons. The minimum atomic E-state index is -0.327. The molecular weight excluding hydrogens is 210 g/mol. The number of carbonyl (C=O) groups is 1. The van der Waals surface area contributed by atoms with E-state index in [0.717, 1.165) is 0 Å². The van der Waals surface area contributed by atoms with Gasteiger partial charge < -0.3 is 19.9 Å². The van der Waals surface area contributed by atoms with E-state index in [9.17, 15) is 9.90 Å². The molecule has 2 unspecified atom stereocenters. The lowest BCUT2D eigenvalue weighted by Crippen LogP contribution is -2.61. The fraction of sp³-hybridized carbons (Fsp3) is 0.909. The molecule has 1 fully saturated rings. The molecule has 94 valence electrons. The molecule has 0 bridgehead atoms. The van der Waals surface area contributed by atoms with Crippen LogP contribution in [0.2, 0.25) is 0 Å². The van der Waals surface area contributed by atoms with Crippen LogP contribution in [0.1, 0.15) is 20.3 Å². The van der Waals surface area contributed by atoms with Crippen LogP contribution >= 0.6 is 0 Å². The van der Waals surface area contributed by atoms with Crippen LogP contribution in [-0.2, 0) is 14.3 Å². The van der Waals surface area contributed by atoms with Gasteiger partial charge in [0.15, 0.2) is 0 Å².